The topological polar surface area (TPSA) is 115 Å². The maximum absolute atomic E-state index is 13.2. The van der Waals surface area contributed by atoms with Gasteiger partial charge in [-0.2, -0.15) is 10.1 Å². The molecule has 9 nitrogen and oxygen atoms in total. The van der Waals surface area contributed by atoms with E-state index in [1.165, 1.54) is 11.1 Å². The third-order valence-electron chi connectivity index (χ3n) is 8.92. The number of hydrogen-bond acceptors (Lipinski definition) is 7. The second kappa shape index (κ2) is 9.21. The number of aromatic amines is 1. The first-order valence-electron chi connectivity index (χ1n) is 14.2. The number of aromatic nitrogens is 7. The standard InChI is InChI=1S/C31H33N7O2/c1-17-25(18(2)38(4)36-17)27-33-26-23(11-14-32-28(26)34-27)21-9-10-22-19(15-21)7-5-6-8-20(22)16-24(39)29-35-30(37-40-29)31(3)12-13-31/h9-11,14-15,20H,5-8,12-13,16H2,1-4H3,(H,32,33,34). The number of H-pyrrole nitrogens is 1. The Morgan fingerprint density at radius 2 is 2.02 bits per heavy atom. The van der Waals surface area contributed by atoms with Gasteiger partial charge in [0, 0.05) is 36.3 Å². The van der Waals surface area contributed by atoms with Crippen LogP contribution in [-0.2, 0) is 18.9 Å². The fourth-order valence-corrected chi connectivity index (χ4v) is 6.15. The number of carbonyl (C=O) groups is 1. The lowest BCUT2D eigenvalue weighted by molar-refractivity contribution is 0.0929. The number of rotatable bonds is 6. The van der Waals surface area contributed by atoms with Crippen molar-refractivity contribution in [1.29, 1.82) is 0 Å². The van der Waals surface area contributed by atoms with E-state index in [-0.39, 0.29) is 23.0 Å². The molecule has 1 N–H and O–H groups in total. The number of benzene rings is 1. The van der Waals surface area contributed by atoms with Crippen molar-refractivity contribution in [3.8, 4) is 22.5 Å². The Labute approximate surface area is 232 Å². The van der Waals surface area contributed by atoms with Crippen LogP contribution in [0.5, 0.6) is 0 Å². The third-order valence-corrected chi connectivity index (χ3v) is 8.92. The highest BCUT2D eigenvalue weighted by atomic mass is 16.5. The van der Waals surface area contributed by atoms with Crippen LogP contribution < -0.4 is 0 Å². The number of carbonyl (C=O) groups excluding carboxylic acids is 1. The van der Waals surface area contributed by atoms with E-state index in [1.54, 1.807) is 0 Å². The van der Waals surface area contributed by atoms with Crippen LogP contribution in [0.3, 0.4) is 0 Å². The highest BCUT2D eigenvalue weighted by Crippen LogP contribution is 2.46. The van der Waals surface area contributed by atoms with E-state index >= 15 is 0 Å². The summed E-state index contributed by atoms with van der Waals surface area (Å²) in [4.78, 5) is 30.6. The second-order valence-corrected chi connectivity index (χ2v) is 11.8. The van der Waals surface area contributed by atoms with E-state index in [4.69, 9.17) is 9.51 Å². The van der Waals surface area contributed by atoms with Gasteiger partial charge in [-0.3, -0.25) is 9.48 Å². The SMILES string of the molecule is Cc1nn(C)c(C)c1-c1nc2nccc(-c3ccc4c(c3)CCCCC4CC(=O)c3nc(C4(C)CC4)no3)c2[nH]1. The Morgan fingerprint density at radius 3 is 2.80 bits per heavy atom. The zero-order chi connectivity index (χ0) is 27.6. The van der Waals surface area contributed by atoms with Crippen molar-refractivity contribution in [1.82, 2.24) is 34.9 Å². The molecule has 4 aromatic heterocycles. The van der Waals surface area contributed by atoms with Crippen molar-refractivity contribution >= 4 is 16.9 Å². The molecule has 1 atom stereocenters. The molecule has 5 aromatic rings. The molecular weight excluding hydrogens is 502 g/mol. The van der Waals surface area contributed by atoms with E-state index in [2.05, 4.69) is 57.3 Å². The summed E-state index contributed by atoms with van der Waals surface area (Å²) in [7, 11) is 1.95. The molecule has 9 heteroatoms. The van der Waals surface area contributed by atoms with Crippen molar-refractivity contribution in [3.05, 3.63) is 64.7 Å². The minimum Gasteiger partial charge on any atom is -0.336 e. The summed E-state index contributed by atoms with van der Waals surface area (Å²) in [5.74, 6) is 1.68. The van der Waals surface area contributed by atoms with Gasteiger partial charge in [-0.05, 0) is 74.6 Å². The molecule has 0 saturated heterocycles. The van der Waals surface area contributed by atoms with Crippen LogP contribution in [0.2, 0.25) is 0 Å². The molecule has 1 fully saturated rings. The summed E-state index contributed by atoms with van der Waals surface area (Å²) < 4.78 is 7.27. The zero-order valence-corrected chi connectivity index (χ0v) is 23.4. The lowest BCUT2D eigenvalue weighted by atomic mass is 9.87. The summed E-state index contributed by atoms with van der Waals surface area (Å²) in [5.41, 5.74) is 9.32. The quantitative estimate of drug-likeness (QED) is 0.204. The molecule has 1 saturated carbocycles. The van der Waals surface area contributed by atoms with E-state index in [0.29, 0.717) is 17.9 Å². The Balaban J connectivity index is 1.20. The molecule has 1 unspecified atom stereocenters. The lowest BCUT2D eigenvalue weighted by Gasteiger charge is -2.17. The Kier molecular flexibility index (Phi) is 5.73. The molecule has 0 aliphatic heterocycles. The largest absolute Gasteiger partial charge is 0.336 e. The van der Waals surface area contributed by atoms with Gasteiger partial charge in [0.05, 0.1) is 16.8 Å². The van der Waals surface area contributed by atoms with Crippen LogP contribution in [0.25, 0.3) is 33.7 Å². The van der Waals surface area contributed by atoms with Crippen LogP contribution in [0.15, 0.2) is 35.0 Å². The van der Waals surface area contributed by atoms with Gasteiger partial charge in [0.15, 0.2) is 11.5 Å². The molecule has 0 bridgehead atoms. The number of ketones is 1. The monoisotopic (exact) mass is 535 g/mol. The lowest BCUT2D eigenvalue weighted by Crippen LogP contribution is -2.10. The predicted molar refractivity (Wildman–Crippen MR) is 151 cm³/mol. The minimum atomic E-state index is -0.0632. The van der Waals surface area contributed by atoms with Gasteiger partial charge in [0.1, 0.15) is 5.82 Å². The number of imidazole rings is 1. The van der Waals surface area contributed by atoms with Crippen molar-refractivity contribution in [2.24, 2.45) is 7.05 Å². The summed E-state index contributed by atoms with van der Waals surface area (Å²) in [6.07, 6.45) is 8.45. The predicted octanol–water partition coefficient (Wildman–Crippen LogP) is 6.16. The number of pyridine rings is 1. The van der Waals surface area contributed by atoms with Gasteiger partial charge in [-0.15, -0.1) is 0 Å². The van der Waals surface area contributed by atoms with E-state index < -0.39 is 0 Å². The van der Waals surface area contributed by atoms with Gasteiger partial charge in [-0.25, -0.2) is 9.97 Å². The van der Waals surface area contributed by atoms with Gasteiger partial charge in [0.2, 0.25) is 5.78 Å². The number of hydrogen-bond donors (Lipinski definition) is 1. The molecule has 7 rings (SSSR count). The first-order valence-corrected chi connectivity index (χ1v) is 14.2. The highest BCUT2D eigenvalue weighted by Gasteiger charge is 2.44. The first kappa shape index (κ1) is 24.9. The van der Waals surface area contributed by atoms with Gasteiger partial charge >= 0.3 is 0 Å². The number of Topliss-reactive ketones (excluding diaryl/α,β-unsaturated/α-hetero) is 1. The molecule has 2 aliphatic carbocycles. The summed E-state index contributed by atoms with van der Waals surface area (Å²) in [6.45, 7) is 6.17. The maximum atomic E-state index is 13.2. The van der Waals surface area contributed by atoms with Crippen molar-refractivity contribution in [2.45, 2.75) is 77.0 Å². The van der Waals surface area contributed by atoms with Crippen molar-refractivity contribution in [2.75, 3.05) is 0 Å². The summed E-state index contributed by atoms with van der Waals surface area (Å²) in [6, 6.07) is 8.69. The number of fused-ring (bicyclic) bond motifs is 2. The summed E-state index contributed by atoms with van der Waals surface area (Å²) in [5, 5.41) is 8.66. The van der Waals surface area contributed by atoms with E-state index in [9.17, 15) is 4.79 Å². The second-order valence-electron chi connectivity index (χ2n) is 11.8. The van der Waals surface area contributed by atoms with E-state index in [0.717, 1.165) is 77.9 Å². The highest BCUT2D eigenvalue weighted by molar-refractivity contribution is 5.93. The van der Waals surface area contributed by atoms with Crippen molar-refractivity contribution < 1.29 is 9.32 Å². The molecule has 1 aromatic carbocycles. The Morgan fingerprint density at radius 1 is 1.18 bits per heavy atom. The van der Waals surface area contributed by atoms with Crippen LogP contribution in [0.4, 0.5) is 0 Å². The first-order chi connectivity index (χ1) is 19.3. The van der Waals surface area contributed by atoms with Gasteiger partial charge < -0.3 is 9.51 Å². The normalized spacial score (nSPS) is 18.1. The maximum Gasteiger partial charge on any atom is 0.294 e. The fourth-order valence-electron chi connectivity index (χ4n) is 6.15. The molecular formula is C31H33N7O2. The van der Waals surface area contributed by atoms with Crippen LogP contribution >= 0.6 is 0 Å². The molecule has 4 heterocycles. The number of nitrogens with one attached hydrogen (secondary N) is 1. The molecule has 0 spiro atoms. The van der Waals surface area contributed by atoms with Crippen LogP contribution in [0, 0.1) is 13.8 Å². The Bertz CT molecular complexity index is 1770. The average molecular weight is 536 g/mol. The van der Waals surface area contributed by atoms with Crippen LogP contribution in [-0.4, -0.2) is 40.7 Å². The number of aryl methyl sites for hydroxylation is 3. The fraction of sp³-hybridized carbons (Fsp3) is 0.419. The Hall–Kier alpha value is -4.14. The molecule has 204 valence electrons. The number of nitrogens with zero attached hydrogens (tertiary/aromatic N) is 6. The molecule has 0 amide bonds. The third kappa shape index (κ3) is 4.15. The zero-order valence-electron chi connectivity index (χ0n) is 23.4. The summed E-state index contributed by atoms with van der Waals surface area (Å²) >= 11 is 0. The minimum absolute atomic E-state index is 0.0171. The average Bonchev–Trinajstić information content (AvgIpc) is 3.25. The smallest absolute Gasteiger partial charge is 0.294 e. The molecule has 0 radical (unpaired) electrons. The van der Waals surface area contributed by atoms with Gasteiger partial charge in [0.25, 0.3) is 5.89 Å². The molecule has 40 heavy (non-hydrogen) atoms. The van der Waals surface area contributed by atoms with Crippen molar-refractivity contribution in [3.63, 3.8) is 0 Å². The van der Waals surface area contributed by atoms with E-state index in [1.807, 2.05) is 30.9 Å². The molecule has 2 aliphatic rings. The van der Waals surface area contributed by atoms with Gasteiger partial charge in [-0.1, -0.05) is 36.7 Å². The van der Waals surface area contributed by atoms with Crippen LogP contribution in [0.1, 0.15) is 90.4 Å².